The maximum absolute atomic E-state index is 2.52. The van der Waals surface area contributed by atoms with Gasteiger partial charge < -0.3 is 0 Å². The molecule has 13 heavy (non-hydrogen) atoms. The molecule has 1 saturated carbocycles. The molecule has 0 spiro atoms. The summed E-state index contributed by atoms with van der Waals surface area (Å²) in [6.07, 6.45) is 10.0. The van der Waals surface area contributed by atoms with Crippen LogP contribution in [0.3, 0.4) is 0 Å². The van der Waals surface area contributed by atoms with E-state index in [4.69, 9.17) is 0 Å². The first-order valence-corrected chi connectivity index (χ1v) is 6.02. The van der Waals surface area contributed by atoms with Gasteiger partial charge in [0.05, 0.1) is 0 Å². The molecular weight excluding hydrogens is 156 g/mol. The van der Waals surface area contributed by atoms with E-state index < -0.39 is 0 Å². The fourth-order valence-corrected chi connectivity index (χ4v) is 2.75. The van der Waals surface area contributed by atoms with Crippen LogP contribution in [-0.4, -0.2) is 0 Å². The van der Waals surface area contributed by atoms with Crippen molar-refractivity contribution in [2.75, 3.05) is 0 Å². The van der Waals surface area contributed by atoms with Crippen LogP contribution in [0.5, 0.6) is 0 Å². The second-order valence-corrected chi connectivity index (χ2v) is 5.76. The molecule has 0 amide bonds. The lowest BCUT2D eigenvalue weighted by Crippen LogP contribution is -2.38. The minimum Gasteiger partial charge on any atom is -0.0654 e. The van der Waals surface area contributed by atoms with Gasteiger partial charge in [0.2, 0.25) is 0 Å². The molecule has 0 aromatic heterocycles. The molecule has 1 aliphatic carbocycles. The van der Waals surface area contributed by atoms with Crippen molar-refractivity contribution >= 4 is 0 Å². The van der Waals surface area contributed by atoms with Gasteiger partial charge >= 0.3 is 0 Å². The van der Waals surface area contributed by atoms with E-state index in [1.807, 2.05) is 0 Å². The van der Waals surface area contributed by atoms with Gasteiger partial charge in [0.25, 0.3) is 0 Å². The summed E-state index contributed by atoms with van der Waals surface area (Å²) in [7, 11) is 0. The maximum atomic E-state index is 2.52. The Labute approximate surface area is 84.1 Å². The van der Waals surface area contributed by atoms with Gasteiger partial charge in [0, 0.05) is 0 Å². The summed E-state index contributed by atoms with van der Waals surface area (Å²) in [4.78, 5) is 0. The third-order valence-corrected chi connectivity index (χ3v) is 4.50. The largest absolute Gasteiger partial charge is 0.0654 e. The summed E-state index contributed by atoms with van der Waals surface area (Å²) in [5, 5.41) is 0. The second-order valence-electron chi connectivity index (χ2n) is 5.76. The van der Waals surface area contributed by atoms with Crippen LogP contribution in [0.1, 0.15) is 72.6 Å². The second kappa shape index (κ2) is 4.02. The van der Waals surface area contributed by atoms with Crippen molar-refractivity contribution in [1.29, 1.82) is 0 Å². The van der Waals surface area contributed by atoms with Crippen molar-refractivity contribution in [3.63, 3.8) is 0 Å². The van der Waals surface area contributed by atoms with Crippen LogP contribution in [0.25, 0.3) is 0 Å². The van der Waals surface area contributed by atoms with E-state index in [1.165, 1.54) is 44.9 Å². The highest BCUT2D eigenvalue weighted by molar-refractivity contribution is 4.92. The van der Waals surface area contributed by atoms with Gasteiger partial charge in [-0.1, -0.05) is 53.4 Å². The molecule has 1 aliphatic rings. The van der Waals surface area contributed by atoms with Crippen molar-refractivity contribution in [2.45, 2.75) is 72.6 Å². The van der Waals surface area contributed by atoms with Crippen LogP contribution in [0, 0.1) is 10.8 Å². The van der Waals surface area contributed by atoms with E-state index in [0.717, 1.165) is 0 Å². The number of hydrogen-bond acceptors (Lipinski definition) is 0. The van der Waals surface area contributed by atoms with Crippen molar-refractivity contribution in [2.24, 2.45) is 10.8 Å². The summed E-state index contributed by atoms with van der Waals surface area (Å²) in [6, 6.07) is 0. The molecule has 0 heterocycles. The fraction of sp³-hybridized carbons (Fsp3) is 1.00. The van der Waals surface area contributed by atoms with Crippen LogP contribution in [0.2, 0.25) is 0 Å². The topological polar surface area (TPSA) is 0 Å². The zero-order valence-electron chi connectivity index (χ0n) is 9.95. The Morgan fingerprint density at radius 1 is 1.00 bits per heavy atom. The van der Waals surface area contributed by atoms with Crippen LogP contribution >= 0.6 is 0 Å². The molecule has 0 aromatic rings. The maximum Gasteiger partial charge on any atom is -0.0275 e. The number of hydrogen-bond donors (Lipinski definition) is 0. The molecule has 0 heteroatoms. The molecule has 1 unspecified atom stereocenters. The monoisotopic (exact) mass is 182 g/mol. The Morgan fingerprint density at radius 2 is 1.62 bits per heavy atom. The lowest BCUT2D eigenvalue weighted by Gasteiger charge is -2.48. The molecule has 0 saturated heterocycles. The van der Waals surface area contributed by atoms with Gasteiger partial charge in [-0.2, -0.15) is 0 Å². The summed E-state index contributed by atoms with van der Waals surface area (Å²) in [6.45, 7) is 9.77. The summed E-state index contributed by atoms with van der Waals surface area (Å²) >= 11 is 0. The molecular formula is C13H26. The SMILES string of the molecule is CCCCC1(C)CCCCC1(C)C. The minimum absolute atomic E-state index is 0.584. The van der Waals surface area contributed by atoms with Crippen molar-refractivity contribution < 1.29 is 0 Å². The fourth-order valence-electron chi connectivity index (χ4n) is 2.75. The molecule has 0 nitrogen and oxygen atoms in total. The molecule has 0 aromatic carbocycles. The quantitative estimate of drug-likeness (QED) is 0.589. The summed E-state index contributed by atoms with van der Waals surface area (Å²) in [5.74, 6) is 0. The van der Waals surface area contributed by atoms with Crippen LogP contribution in [0.4, 0.5) is 0 Å². The Hall–Kier alpha value is 0. The predicted molar refractivity (Wildman–Crippen MR) is 59.9 cm³/mol. The van der Waals surface area contributed by atoms with Crippen molar-refractivity contribution in [3.8, 4) is 0 Å². The van der Waals surface area contributed by atoms with Gasteiger partial charge in [0.15, 0.2) is 0 Å². The molecule has 1 fully saturated rings. The van der Waals surface area contributed by atoms with Gasteiger partial charge in [0.1, 0.15) is 0 Å². The normalized spacial score (nSPS) is 33.2. The van der Waals surface area contributed by atoms with Crippen LogP contribution < -0.4 is 0 Å². The Bertz CT molecular complexity index is 157. The molecule has 0 aliphatic heterocycles. The Balaban J connectivity index is 2.60. The third kappa shape index (κ3) is 2.27. The standard InChI is InChI=1S/C13H26/c1-5-6-10-13(4)11-8-7-9-12(13,2)3/h5-11H2,1-4H3. The molecule has 1 atom stereocenters. The molecule has 0 bridgehead atoms. The van der Waals surface area contributed by atoms with E-state index in [2.05, 4.69) is 27.7 Å². The first-order valence-electron chi connectivity index (χ1n) is 6.02. The first kappa shape index (κ1) is 11.1. The lowest BCUT2D eigenvalue weighted by molar-refractivity contribution is 0.0229. The highest BCUT2D eigenvalue weighted by Gasteiger charge is 2.41. The predicted octanol–water partition coefficient (Wildman–Crippen LogP) is 4.78. The van der Waals surface area contributed by atoms with E-state index >= 15 is 0 Å². The smallest absolute Gasteiger partial charge is 0.0275 e. The van der Waals surface area contributed by atoms with E-state index in [0.29, 0.717) is 10.8 Å². The Kier molecular flexibility index (Phi) is 3.43. The zero-order valence-corrected chi connectivity index (χ0v) is 9.95. The zero-order chi connectivity index (χ0) is 9.95. The molecule has 78 valence electrons. The van der Waals surface area contributed by atoms with Crippen LogP contribution in [-0.2, 0) is 0 Å². The van der Waals surface area contributed by atoms with E-state index in [9.17, 15) is 0 Å². The van der Waals surface area contributed by atoms with Gasteiger partial charge in [-0.25, -0.2) is 0 Å². The van der Waals surface area contributed by atoms with Gasteiger partial charge in [-0.15, -0.1) is 0 Å². The molecule has 1 rings (SSSR count). The van der Waals surface area contributed by atoms with Crippen molar-refractivity contribution in [1.82, 2.24) is 0 Å². The van der Waals surface area contributed by atoms with Gasteiger partial charge in [-0.05, 0) is 30.1 Å². The summed E-state index contributed by atoms with van der Waals surface area (Å²) in [5.41, 5.74) is 1.21. The first-order chi connectivity index (χ1) is 6.02. The molecule has 0 radical (unpaired) electrons. The third-order valence-electron chi connectivity index (χ3n) is 4.50. The van der Waals surface area contributed by atoms with E-state index in [-0.39, 0.29) is 0 Å². The highest BCUT2D eigenvalue weighted by atomic mass is 14.5. The average molecular weight is 182 g/mol. The average Bonchev–Trinajstić information content (AvgIpc) is 2.07. The van der Waals surface area contributed by atoms with Gasteiger partial charge in [-0.3, -0.25) is 0 Å². The number of unbranched alkanes of at least 4 members (excludes halogenated alkanes) is 1. The molecule has 0 N–H and O–H groups in total. The van der Waals surface area contributed by atoms with Crippen LogP contribution in [0.15, 0.2) is 0 Å². The Morgan fingerprint density at radius 3 is 2.15 bits per heavy atom. The number of rotatable bonds is 3. The van der Waals surface area contributed by atoms with E-state index in [1.54, 1.807) is 0 Å². The lowest BCUT2D eigenvalue weighted by atomic mass is 9.57. The van der Waals surface area contributed by atoms with Crippen molar-refractivity contribution in [3.05, 3.63) is 0 Å². The highest BCUT2D eigenvalue weighted by Crippen LogP contribution is 2.52. The summed E-state index contributed by atoms with van der Waals surface area (Å²) < 4.78 is 0. The minimum atomic E-state index is 0.584.